The van der Waals surface area contributed by atoms with Gasteiger partial charge in [0.2, 0.25) is 0 Å². The van der Waals surface area contributed by atoms with Crippen LogP contribution < -0.4 is 15.5 Å². The van der Waals surface area contributed by atoms with Crippen LogP contribution in [0.2, 0.25) is 0 Å². The van der Waals surface area contributed by atoms with Gasteiger partial charge in [0.15, 0.2) is 0 Å². The predicted molar refractivity (Wildman–Crippen MR) is 81.0 cm³/mol. The topological polar surface area (TPSA) is 41.7 Å². The second kappa shape index (κ2) is 5.39. The first-order chi connectivity index (χ1) is 8.91. The van der Waals surface area contributed by atoms with Gasteiger partial charge in [-0.2, -0.15) is 0 Å². The van der Waals surface area contributed by atoms with Gasteiger partial charge >= 0.3 is 0 Å². The molecule has 1 aromatic rings. The molecule has 0 radical (unpaired) electrons. The van der Waals surface area contributed by atoms with E-state index in [0.717, 1.165) is 13.1 Å². The number of benzene rings is 1. The van der Waals surface area contributed by atoms with Crippen LogP contribution in [-0.2, 0) is 4.74 Å². The van der Waals surface area contributed by atoms with Crippen LogP contribution in [0, 0.1) is 0 Å². The second-order valence-electron chi connectivity index (χ2n) is 6.03. The first-order valence-electron chi connectivity index (χ1n) is 6.81. The number of rotatable bonds is 3. The van der Waals surface area contributed by atoms with Gasteiger partial charge in [-0.25, -0.2) is 0 Å². The maximum atomic E-state index is 5.96. The van der Waals surface area contributed by atoms with Crippen LogP contribution in [0.5, 0.6) is 0 Å². The molecule has 1 atom stereocenters. The van der Waals surface area contributed by atoms with Crippen molar-refractivity contribution in [2.75, 3.05) is 43.5 Å². The summed E-state index contributed by atoms with van der Waals surface area (Å²) >= 11 is 0. The van der Waals surface area contributed by atoms with E-state index in [1.165, 1.54) is 11.4 Å². The molecule has 2 N–H and O–H groups in total. The van der Waals surface area contributed by atoms with Gasteiger partial charge < -0.3 is 20.3 Å². The molecular formula is C15H25N3O. The molecule has 2 rings (SSSR count). The Hall–Kier alpha value is -1.26. The Morgan fingerprint density at radius 3 is 2.47 bits per heavy atom. The summed E-state index contributed by atoms with van der Waals surface area (Å²) in [6.07, 6.45) is 0.109. The number of ether oxygens (including phenoxy) is 1. The molecule has 1 heterocycles. The molecule has 106 valence electrons. The summed E-state index contributed by atoms with van der Waals surface area (Å²) in [4.78, 5) is 4.47. The monoisotopic (exact) mass is 263 g/mol. The van der Waals surface area contributed by atoms with Crippen LogP contribution in [0.4, 0.5) is 11.4 Å². The van der Waals surface area contributed by atoms with Crippen molar-refractivity contribution in [3.8, 4) is 0 Å². The fourth-order valence-electron chi connectivity index (χ4n) is 2.58. The van der Waals surface area contributed by atoms with E-state index >= 15 is 0 Å². The average molecular weight is 263 g/mol. The molecular weight excluding hydrogens is 238 g/mol. The van der Waals surface area contributed by atoms with E-state index in [-0.39, 0.29) is 11.7 Å². The van der Waals surface area contributed by atoms with Crippen LogP contribution in [0.3, 0.4) is 0 Å². The molecule has 19 heavy (non-hydrogen) atoms. The van der Waals surface area contributed by atoms with Gasteiger partial charge in [-0.3, -0.25) is 0 Å². The number of hydrogen-bond acceptors (Lipinski definition) is 4. The predicted octanol–water partition coefficient (Wildman–Crippen LogP) is 1.70. The van der Waals surface area contributed by atoms with Crippen LogP contribution >= 0.6 is 0 Å². The lowest BCUT2D eigenvalue weighted by Crippen LogP contribution is -2.54. The molecule has 0 aliphatic carbocycles. The number of anilines is 2. The van der Waals surface area contributed by atoms with Crippen molar-refractivity contribution in [3.63, 3.8) is 0 Å². The van der Waals surface area contributed by atoms with Gasteiger partial charge in [-0.1, -0.05) is 0 Å². The third kappa shape index (κ3) is 3.39. The molecule has 4 heteroatoms. The molecule has 1 saturated heterocycles. The van der Waals surface area contributed by atoms with Crippen molar-refractivity contribution < 1.29 is 4.74 Å². The van der Waals surface area contributed by atoms with E-state index in [9.17, 15) is 0 Å². The Labute approximate surface area is 116 Å². The molecule has 0 saturated carbocycles. The number of nitrogens with two attached hydrogens (primary N) is 1. The Morgan fingerprint density at radius 2 is 1.95 bits per heavy atom. The largest absolute Gasteiger partial charge is 0.378 e. The van der Waals surface area contributed by atoms with Gasteiger partial charge in [-0.05, 0) is 38.1 Å². The van der Waals surface area contributed by atoms with Gasteiger partial charge in [0.1, 0.15) is 0 Å². The summed E-state index contributed by atoms with van der Waals surface area (Å²) in [7, 11) is 4.11. The maximum Gasteiger partial charge on any atom is 0.0879 e. The molecule has 0 aromatic heterocycles. The summed E-state index contributed by atoms with van der Waals surface area (Å²) in [5, 5.41) is 0. The first-order valence-corrected chi connectivity index (χ1v) is 6.81. The van der Waals surface area contributed by atoms with Crippen molar-refractivity contribution in [1.29, 1.82) is 0 Å². The van der Waals surface area contributed by atoms with Crippen LogP contribution in [0.25, 0.3) is 0 Å². The summed E-state index contributed by atoms with van der Waals surface area (Å²) in [5.41, 5.74) is 8.07. The zero-order chi connectivity index (χ0) is 14.0. The summed E-state index contributed by atoms with van der Waals surface area (Å²) < 4.78 is 5.96. The quantitative estimate of drug-likeness (QED) is 0.901. The smallest absolute Gasteiger partial charge is 0.0879 e. The van der Waals surface area contributed by atoms with Crippen LogP contribution in [0.1, 0.15) is 13.8 Å². The fourth-order valence-corrected chi connectivity index (χ4v) is 2.58. The molecule has 1 aliphatic rings. The Bertz CT molecular complexity index is 414. The molecule has 1 unspecified atom stereocenters. The normalized spacial score (nSPS) is 22.4. The van der Waals surface area contributed by atoms with E-state index in [2.05, 4.69) is 62.0 Å². The standard InChI is InChI=1S/C15H25N3O/c1-15(2)11-18(10-14(9-16)19-15)13-7-5-12(6-8-13)17(3)4/h5-8,14H,9-11,16H2,1-4H3. The van der Waals surface area contributed by atoms with Crippen molar-refractivity contribution in [2.24, 2.45) is 5.73 Å². The Balaban J connectivity index is 2.16. The minimum atomic E-state index is -0.150. The first kappa shape index (κ1) is 14.2. The minimum absolute atomic E-state index is 0.109. The molecule has 1 fully saturated rings. The van der Waals surface area contributed by atoms with Crippen molar-refractivity contribution in [2.45, 2.75) is 25.6 Å². The summed E-state index contributed by atoms with van der Waals surface area (Å²) in [5.74, 6) is 0. The lowest BCUT2D eigenvalue weighted by Gasteiger charge is -2.43. The third-order valence-electron chi connectivity index (χ3n) is 3.48. The van der Waals surface area contributed by atoms with Crippen LogP contribution in [0.15, 0.2) is 24.3 Å². The maximum absolute atomic E-state index is 5.96. The highest BCUT2D eigenvalue weighted by Crippen LogP contribution is 2.27. The summed E-state index contributed by atoms with van der Waals surface area (Å²) in [6, 6.07) is 8.64. The fraction of sp³-hybridized carbons (Fsp3) is 0.600. The molecule has 0 amide bonds. The zero-order valence-corrected chi connectivity index (χ0v) is 12.4. The number of morpholine rings is 1. The molecule has 1 aromatic carbocycles. The number of hydrogen-bond donors (Lipinski definition) is 1. The highest BCUT2D eigenvalue weighted by atomic mass is 16.5. The van der Waals surface area contributed by atoms with Gasteiger partial charge in [0.25, 0.3) is 0 Å². The molecule has 0 bridgehead atoms. The van der Waals surface area contributed by atoms with Crippen molar-refractivity contribution >= 4 is 11.4 Å². The summed E-state index contributed by atoms with van der Waals surface area (Å²) in [6.45, 7) is 6.56. The van der Waals surface area contributed by atoms with Gasteiger partial charge in [0, 0.05) is 45.1 Å². The van der Waals surface area contributed by atoms with Gasteiger partial charge in [0.05, 0.1) is 11.7 Å². The molecule has 1 aliphatic heterocycles. The van der Waals surface area contributed by atoms with E-state index in [4.69, 9.17) is 10.5 Å². The lowest BCUT2D eigenvalue weighted by atomic mass is 10.0. The van der Waals surface area contributed by atoms with Gasteiger partial charge in [-0.15, -0.1) is 0 Å². The second-order valence-corrected chi connectivity index (χ2v) is 6.03. The van der Waals surface area contributed by atoms with Crippen molar-refractivity contribution in [1.82, 2.24) is 0 Å². The zero-order valence-electron chi connectivity index (χ0n) is 12.4. The van der Waals surface area contributed by atoms with E-state index in [1.54, 1.807) is 0 Å². The third-order valence-corrected chi connectivity index (χ3v) is 3.48. The number of nitrogens with zero attached hydrogens (tertiary/aromatic N) is 2. The van der Waals surface area contributed by atoms with E-state index < -0.39 is 0 Å². The average Bonchev–Trinajstić information content (AvgIpc) is 2.37. The highest BCUT2D eigenvalue weighted by molar-refractivity contribution is 5.56. The SMILES string of the molecule is CN(C)c1ccc(N2CC(CN)OC(C)(C)C2)cc1. The van der Waals surface area contributed by atoms with Crippen molar-refractivity contribution in [3.05, 3.63) is 24.3 Å². The minimum Gasteiger partial charge on any atom is -0.378 e. The Kier molecular flexibility index (Phi) is 4.02. The van der Waals surface area contributed by atoms with E-state index in [1.807, 2.05) is 0 Å². The van der Waals surface area contributed by atoms with E-state index in [0.29, 0.717) is 6.54 Å². The Morgan fingerprint density at radius 1 is 1.32 bits per heavy atom. The lowest BCUT2D eigenvalue weighted by molar-refractivity contribution is -0.0788. The molecule has 0 spiro atoms. The van der Waals surface area contributed by atoms with Crippen LogP contribution in [-0.4, -0.2) is 45.4 Å². The molecule has 4 nitrogen and oxygen atoms in total. The highest BCUT2D eigenvalue weighted by Gasteiger charge is 2.32.